The Morgan fingerprint density at radius 3 is 2.41 bits per heavy atom. The van der Waals surface area contributed by atoms with Gasteiger partial charge in [0.2, 0.25) is 0 Å². The minimum Gasteiger partial charge on any atom is -0.314 e. The molecule has 0 bridgehead atoms. The van der Waals surface area contributed by atoms with Crippen LogP contribution in [-0.2, 0) is 0 Å². The molecule has 1 saturated carbocycles. The fourth-order valence-corrected chi connectivity index (χ4v) is 3.53. The van der Waals surface area contributed by atoms with E-state index in [4.69, 9.17) is 0 Å². The lowest BCUT2D eigenvalue weighted by atomic mass is 10.0. The van der Waals surface area contributed by atoms with Crippen molar-refractivity contribution in [2.75, 3.05) is 33.7 Å². The molecule has 1 aliphatic heterocycles. The molecule has 2 rings (SSSR count). The second kappa shape index (κ2) is 6.17. The number of nitrogens with zero attached hydrogens (tertiary/aromatic N) is 2. The fourth-order valence-electron chi connectivity index (χ4n) is 3.53. The predicted molar refractivity (Wildman–Crippen MR) is 73.4 cm³/mol. The van der Waals surface area contributed by atoms with Crippen molar-refractivity contribution < 1.29 is 0 Å². The van der Waals surface area contributed by atoms with Crippen LogP contribution in [0.2, 0.25) is 0 Å². The first kappa shape index (κ1) is 13.3. The molecule has 2 unspecified atom stereocenters. The molecule has 1 heterocycles. The first-order valence-electron chi connectivity index (χ1n) is 7.34. The second-order valence-electron chi connectivity index (χ2n) is 5.95. The summed E-state index contributed by atoms with van der Waals surface area (Å²) in [5.74, 6) is 0. The van der Waals surface area contributed by atoms with Gasteiger partial charge in [0.05, 0.1) is 0 Å². The van der Waals surface area contributed by atoms with Gasteiger partial charge in [-0.15, -0.1) is 0 Å². The van der Waals surface area contributed by atoms with Gasteiger partial charge < -0.3 is 15.1 Å². The molecule has 0 spiro atoms. The van der Waals surface area contributed by atoms with Crippen LogP contribution in [-0.4, -0.2) is 61.7 Å². The molecule has 0 amide bonds. The first-order chi connectivity index (χ1) is 8.20. The van der Waals surface area contributed by atoms with Crippen molar-refractivity contribution >= 4 is 0 Å². The summed E-state index contributed by atoms with van der Waals surface area (Å²) in [6.45, 7) is 5.97. The van der Waals surface area contributed by atoms with E-state index in [2.05, 4.69) is 36.1 Å². The average molecular weight is 239 g/mol. The standard InChI is InChI=1S/C14H29N3/c1-4-15-12-5-6-14(11-12)17-9-7-13(8-10-17)16(2)3/h12-15H,4-11H2,1-3H3. The minimum absolute atomic E-state index is 0.788. The largest absolute Gasteiger partial charge is 0.314 e. The van der Waals surface area contributed by atoms with Crippen LogP contribution in [0.3, 0.4) is 0 Å². The van der Waals surface area contributed by atoms with Crippen molar-refractivity contribution in [1.82, 2.24) is 15.1 Å². The Morgan fingerprint density at radius 1 is 1.12 bits per heavy atom. The number of hydrogen-bond donors (Lipinski definition) is 1. The van der Waals surface area contributed by atoms with Gasteiger partial charge in [-0.2, -0.15) is 0 Å². The molecule has 0 aromatic heterocycles. The highest BCUT2D eigenvalue weighted by atomic mass is 15.2. The lowest BCUT2D eigenvalue weighted by molar-refractivity contribution is 0.109. The van der Waals surface area contributed by atoms with E-state index < -0.39 is 0 Å². The van der Waals surface area contributed by atoms with E-state index in [1.807, 2.05) is 0 Å². The Bertz CT molecular complexity index is 222. The van der Waals surface area contributed by atoms with Crippen molar-refractivity contribution in [3.63, 3.8) is 0 Å². The summed E-state index contributed by atoms with van der Waals surface area (Å²) in [4.78, 5) is 5.14. The molecule has 1 N–H and O–H groups in total. The Kier molecular flexibility index (Phi) is 4.83. The van der Waals surface area contributed by atoms with Crippen LogP contribution in [0.5, 0.6) is 0 Å². The second-order valence-corrected chi connectivity index (χ2v) is 5.95. The van der Waals surface area contributed by atoms with Crippen molar-refractivity contribution in [2.45, 2.75) is 57.2 Å². The third kappa shape index (κ3) is 3.43. The first-order valence-corrected chi connectivity index (χ1v) is 7.34. The van der Waals surface area contributed by atoms with Crippen LogP contribution in [0.15, 0.2) is 0 Å². The smallest absolute Gasteiger partial charge is 0.0113 e. The summed E-state index contributed by atoms with van der Waals surface area (Å²) in [6.07, 6.45) is 6.88. The van der Waals surface area contributed by atoms with Crippen LogP contribution in [0.25, 0.3) is 0 Å². The van der Waals surface area contributed by atoms with Gasteiger partial charge in [-0.05, 0) is 65.8 Å². The molecule has 0 radical (unpaired) electrons. The average Bonchev–Trinajstić information content (AvgIpc) is 2.78. The molecule has 0 aromatic carbocycles. The van der Waals surface area contributed by atoms with Gasteiger partial charge in [-0.3, -0.25) is 0 Å². The summed E-state index contributed by atoms with van der Waals surface area (Å²) in [6, 6.07) is 2.47. The van der Waals surface area contributed by atoms with E-state index in [0.29, 0.717) is 0 Å². The monoisotopic (exact) mass is 239 g/mol. The summed E-state index contributed by atoms with van der Waals surface area (Å²) in [7, 11) is 4.44. The third-order valence-corrected chi connectivity index (χ3v) is 4.64. The van der Waals surface area contributed by atoms with E-state index >= 15 is 0 Å². The molecule has 0 aromatic rings. The van der Waals surface area contributed by atoms with Crippen molar-refractivity contribution in [3.05, 3.63) is 0 Å². The van der Waals surface area contributed by atoms with Gasteiger partial charge in [-0.25, -0.2) is 0 Å². The van der Waals surface area contributed by atoms with E-state index in [1.165, 1.54) is 45.2 Å². The number of likely N-dealkylation sites (tertiary alicyclic amines) is 1. The zero-order valence-electron chi connectivity index (χ0n) is 11.8. The van der Waals surface area contributed by atoms with E-state index in [0.717, 1.165) is 24.7 Å². The number of hydrogen-bond acceptors (Lipinski definition) is 3. The van der Waals surface area contributed by atoms with Crippen LogP contribution >= 0.6 is 0 Å². The maximum Gasteiger partial charge on any atom is 0.0113 e. The summed E-state index contributed by atoms with van der Waals surface area (Å²) < 4.78 is 0. The van der Waals surface area contributed by atoms with E-state index in [1.54, 1.807) is 0 Å². The molecule has 2 atom stereocenters. The van der Waals surface area contributed by atoms with Gasteiger partial charge in [0.1, 0.15) is 0 Å². The van der Waals surface area contributed by atoms with Crippen molar-refractivity contribution in [1.29, 1.82) is 0 Å². The van der Waals surface area contributed by atoms with Gasteiger partial charge in [-0.1, -0.05) is 6.92 Å². The molecular weight excluding hydrogens is 210 g/mol. The Labute approximate surface area is 107 Å². The Morgan fingerprint density at radius 2 is 1.82 bits per heavy atom. The highest BCUT2D eigenvalue weighted by molar-refractivity contribution is 4.89. The minimum atomic E-state index is 0.788. The summed E-state index contributed by atoms with van der Waals surface area (Å²) >= 11 is 0. The normalized spacial score (nSPS) is 32.5. The highest BCUT2D eigenvalue weighted by Gasteiger charge is 2.31. The van der Waals surface area contributed by atoms with E-state index in [-0.39, 0.29) is 0 Å². The van der Waals surface area contributed by atoms with Gasteiger partial charge in [0, 0.05) is 18.1 Å². The molecule has 3 nitrogen and oxygen atoms in total. The van der Waals surface area contributed by atoms with Crippen LogP contribution in [0.4, 0.5) is 0 Å². The van der Waals surface area contributed by atoms with Crippen molar-refractivity contribution in [3.8, 4) is 0 Å². The lowest BCUT2D eigenvalue weighted by Gasteiger charge is -2.38. The van der Waals surface area contributed by atoms with Gasteiger partial charge >= 0.3 is 0 Å². The number of piperidine rings is 1. The highest BCUT2D eigenvalue weighted by Crippen LogP contribution is 2.27. The van der Waals surface area contributed by atoms with Gasteiger partial charge in [0.15, 0.2) is 0 Å². The molecule has 17 heavy (non-hydrogen) atoms. The number of rotatable bonds is 4. The maximum absolute atomic E-state index is 3.61. The third-order valence-electron chi connectivity index (χ3n) is 4.64. The zero-order chi connectivity index (χ0) is 12.3. The molecule has 3 heteroatoms. The molecule has 1 aliphatic carbocycles. The summed E-state index contributed by atoms with van der Waals surface area (Å²) in [5.41, 5.74) is 0. The maximum atomic E-state index is 3.61. The SMILES string of the molecule is CCNC1CCC(N2CCC(N(C)C)CC2)C1. The van der Waals surface area contributed by atoms with Gasteiger partial charge in [0.25, 0.3) is 0 Å². The lowest BCUT2D eigenvalue weighted by Crippen LogP contribution is -2.46. The molecule has 1 saturated heterocycles. The molecule has 100 valence electrons. The molecular formula is C14H29N3. The van der Waals surface area contributed by atoms with Crippen LogP contribution in [0, 0.1) is 0 Å². The summed E-state index contributed by atoms with van der Waals surface area (Å²) in [5, 5.41) is 3.61. The zero-order valence-corrected chi connectivity index (χ0v) is 11.8. The van der Waals surface area contributed by atoms with Crippen LogP contribution < -0.4 is 5.32 Å². The topological polar surface area (TPSA) is 18.5 Å². The Balaban J connectivity index is 1.74. The van der Waals surface area contributed by atoms with Crippen molar-refractivity contribution in [2.24, 2.45) is 0 Å². The van der Waals surface area contributed by atoms with E-state index in [9.17, 15) is 0 Å². The quantitative estimate of drug-likeness (QED) is 0.803. The van der Waals surface area contributed by atoms with Crippen LogP contribution in [0.1, 0.15) is 39.0 Å². The molecule has 2 fully saturated rings. The molecule has 2 aliphatic rings. The fraction of sp³-hybridized carbons (Fsp3) is 1.00. The predicted octanol–water partition coefficient (Wildman–Crippen LogP) is 1.54. The number of nitrogens with one attached hydrogen (secondary N) is 1. The Hall–Kier alpha value is -0.120.